The van der Waals surface area contributed by atoms with E-state index in [0.29, 0.717) is 5.56 Å². The first-order valence-corrected chi connectivity index (χ1v) is 6.21. The zero-order valence-electron chi connectivity index (χ0n) is 10.6. The SMILES string of the molecule is CC(NCc1ccccc1C(F)(F)F)C1(C)CC1. The van der Waals surface area contributed by atoms with Crippen LogP contribution in [0.15, 0.2) is 24.3 Å². The summed E-state index contributed by atoms with van der Waals surface area (Å²) in [5.41, 5.74) is 0.0550. The molecule has 1 aliphatic rings. The molecule has 0 bridgehead atoms. The Bertz CT molecular complexity index is 421. The van der Waals surface area contributed by atoms with Crippen LogP contribution in [-0.4, -0.2) is 6.04 Å². The van der Waals surface area contributed by atoms with Gasteiger partial charge in [0.15, 0.2) is 0 Å². The number of hydrogen-bond donors (Lipinski definition) is 1. The fraction of sp³-hybridized carbons (Fsp3) is 0.571. The molecule has 0 aliphatic heterocycles. The predicted molar refractivity (Wildman–Crippen MR) is 65.1 cm³/mol. The minimum Gasteiger partial charge on any atom is -0.310 e. The van der Waals surface area contributed by atoms with E-state index in [0.717, 1.165) is 18.9 Å². The lowest BCUT2D eigenvalue weighted by molar-refractivity contribution is -0.138. The van der Waals surface area contributed by atoms with E-state index < -0.39 is 11.7 Å². The summed E-state index contributed by atoms with van der Waals surface area (Å²) in [7, 11) is 0. The number of rotatable bonds is 4. The van der Waals surface area contributed by atoms with E-state index in [1.807, 2.05) is 6.92 Å². The summed E-state index contributed by atoms with van der Waals surface area (Å²) in [5, 5.41) is 3.21. The van der Waals surface area contributed by atoms with Gasteiger partial charge in [-0.1, -0.05) is 25.1 Å². The van der Waals surface area contributed by atoms with E-state index in [1.165, 1.54) is 12.1 Å². The van der Waals surface area contributed by atoms with Crippen LogP contribution in [0.3, 0.4) is 0 Å². The van der Waals surface area contributed by atoms with Crippen LogP contribution in [0, 0.1) is 5.41 Å². The van der Waals surface area contributed by atoms with Gasteiger partial charge in [0.2, 0.25) is 0 Å². The highest BCUT2D eigenvalue weighted by Gasteiger charge is 2.42. The van der Waals surface area contributed by atoms with Crippen molar-refractivity contribution >= 4 is 0 Å². The predicted octanol–water partition coefficient (Wildman–Crippen LogP) is 3.98. The van der Waals surface area contributed by atoms with Crippen molar-refractivity contribution in [1.82, 2.24) is 5.32 Å². The van der Waals surface area contributed by atoms with Crippen molar-refractivity contribution in [3.63, 3.8) is 0 Å². The zero-order valence-corrected chi connectivity index (χ0v) is 10.6. The first-order valence-electron chi connectivity index (χ1n) is 6.21. The van der Waals surface area contributed by atoms with Gasteiger partial charge in [-0.15, -0.1) is 0 Å². The standard InChI is InChI=1S/C14H18F3N/c1-10(13(2)7-8-13)18-9-11-5-3-4-6-12(11)14(15,16)17/h3-6,10,18H,7-9H2,1-2H3. The van der Waals surface area contributed by atoms with E-state index >= 15 is 0 Å². The second kappa shape index (κ2) is 4.57. The summed E-state index contributed by atoms with van der Waals surface area (Å²) in [4.78, 5) is 0. The Morgan fingerprint density at radius 2 is 1.89 bits per heavy atom. The Morgan fingerprint density at radius 3 is 2.44 bits per heavy atom. The average molecular weight is 257 g/mol. The molecule has 2 rings (SSSR count). The molecule has 0 heterocycles. The topological polar surface area (TPSA) is 12.0 Å². The lowest BCUT2D eigenvalue weighted by atomic mass is 10.00. The van der Waals surface area contributed by atoms with E-state index in [-0.39, 0.29) is 18.0 Å². The maximum Gasteiger partial charge on any atom is 0.416 e. The van der Waals surface area contributed by atoms with Crippen LogP contribution in [0.5, 0.6) is 0 Å². The quantitative estimate of drug-likeness (QED) is 0.860. The molecule has 1 aromatic carbocycles. The zero-order chi connectivity index (χ0) is 13.4. The Morgan fingerprint density at radius 1 is 1.28 bits per heavy atom. The lowest BCUT2D eigenvalue weighted by Gasteiger charge is -2.21. The number of nitrogens with one attached hydrogen (secondary N) is 1. The van der Waals surface area contributed by atoms with Gasteiger partial charge in [-0.25, -0.2) is 0 Å². The summed E-state index contributed by atoms with van der Waals surface area (Å²) in [6, 6.07) is 6.00. The molecule has 4 heteroatoms. The number of benzene rings is 1. The molecule has 0 spiro atoms. The molecular formula is C14H18F3N. The van der Waals surface area contributed by atoms with Crippen LogP contribution in [0.1, 0.15) is 37.8 Å². The van der Waals surface area contributed by atoms with Crippen molar-refractivity contribution in [2.24, 2.45) is 5.41 Å². The summed E-state index contributed by atoms with van der Waals surface area (Å²) < 4.78 is 38.4. The van der Waals surface area contributed by atoms with Crippen molar-refractivity contribution in [2.75, 3.05) is 0 Å². The van der Waals surface area contributed by atoms with Crippen molar-refractivity contribution < 1.29 is 13.2 Å². The van der Waals surface area contributed by atoms with Gasteiger partial charge in [-0.2, -0.15) is 13.2 Å². The van der Waals surface area contributed by atoms with Gasteiger partial charge >= 0.3 is 6.18 Å². The summed E-state index contributed by atoms with van der Waals surface area (Å²) in [5.74, 6) is 0. The summed E-state index contributed by atoms with van der Waals surface area (Å²) in [6.45, 7) is 4.48. The van der Waals surface area contributed by atoms with Gasteiger partial charge in [-0.3, -0.25) is 0 Å². The van der Waals surface area contributed by atoms with Crippen LogP contribution >= 0.6 is 0 Å². The second-order valence-corrected chi connectivity index (χ2v) is 5.41. The molecule has 0 aromatic heterocycles. The van der Waals surface area contributed by atoms with Crippen molar-refractivity contribution in [3.8, 4) is 0 Å². The maximum absolute atomic E-state index is 12.8. The molecule has 1 atom stereocenters. The smallest absolute Gasteiger partial charge is 0.310 e. The third-order valence-corrected chi connectivity index (χ3v) is 4.01. The first kappa shape index (κ1) is 13.4. The monoisotopic (exact) mass is 257 g/mol. The first-order chi connectivity index (χ1) is 8.33. The fourth-order valence-electron chi connectivity index (χ4n) is 2.09. The Labute approximate surface area is 105 Å². The van der Waals surface area contributed by atoms with Crippen LogP contribution in [0.4, 0.5) is 13.2 Å². The Hall–Kier alpha value is -1.03. The highest BCUT2D eigenvalue weighted by atomic mass is 19.4. The number of alkyl halides is 3. The third-order valence-electron chi connectivity index (χ3n) is 4.01. The van der Waals surface area contributed by atoms with Gasteiger partial charge in [0.25, 0.3) is 0 Å². The van der Waals surface area contributed by atoms with E-state index in [1.54, 1.807) is 6.07 Å². The molecule has 1 aliphatic carbocycles. The lowest BCUT2D eigenvalue weighted by Crippen LogP contribution is -2.33. The maximum atomic E-state index is 12.8. The van der Waals surface area contributed by atoms with Crippen molar-refractivity contribution in [1.29, 1.82) is 0 Å². The highest BCUT2D eigenvalue weighted by Crippen LogP contribution is 2.48. The molecule has 0 saturated heterocycles. The minimum atomic E-state index is -4.27. The van der Waals surface area contributed by atoms with Gasteiger partial charge < -0.3 is 5.32 Å². The Balaban J connectivity index is 2.05. The summed E-state index contributed by atoms with van der Waals surface area (Å²) in [6.07, 6.45) is -1.96. The normalized spacial score (nSPS) is 19.6. The van der Waals surface area contributed by atoms with Crippen molar-refractivity contribution in [3.05, 3.63) is 35.4 Å². The minimum absolute atomic E-state index is 0.249. The molecule has 1 fully saturated rings. The third kappa shape index (κ3) is 2.86. The van der Waals surface area contributed by atoms with Crippen LogP contribution in [0.25, 0.3) is 0 Å². The summed E-state index contributed by atoms with van der Waals surface area (Å²) >= 11 is 0. The van der Waals surface area contributed by atoms with Crippen LogP contribution < -0.4 is 5.32 Å². The largest absolute Gasteiger partial charge is 0.416 e. The van der Waals surface area contributed by atoms with Crippen LogP contribution in [-0.2, 0) is 12.7 Å². The molecule has 1 nitrogen and oxygen atoms in total. The average Bonchev–Trinajstić information content (AvgIpc) is 3.05. The van der Waals surface area contributed by atoms with E-state index in [9.17, 15) is 13.2 Å². The van der Waals surface area contributed by atoms with Crippen molar-refractivity contribution in [2.45, 2.75) is 45.5 Å². The fourth-order valence-corrected chi connectivity index (χ4v) is 2.09. The Kier molecular flexibility index (Phi) is 3.41. The van der Waals surface area contributed by atoms with Crippen LogP contribution in [0.2, 0.25) is 0 Å². The number of halogens is 3. The van der Waals surface area contributed by atoms with Gasteiger partial charge in [-0.05, 0) is 36.8 Å². The molecular weight excluding hydrogens is 239 g/mol. The van der Waals surface area contributed by atoms with E-state index in [2.05, 4.69) is 12.2 Å². The molecule has 1 unspecified atom stereocenters. The molecule has 0 radical (unpaired) electrons. The van der Waals surface area contributed by atoms with Gasteiger partial charge in [0, 0.05) is 12.6 Å². The van der Waals surface area contributed by atoms with E-state index in [4.69, 9.17) is 0 Å². The molecule has 1 aromatic rings. The molecule has 1 saturated carbocycles. The highest BCUT2D eigenvalue weighted by molar-refractivity contribution is 5.29. The molecule has 100 valence electrons. The van der Waals surface area contributed by atoms with Gasteiger partial charge in [0.05, 0.1) is 5.56 Å². The second-order valence-electron chi connectivity index (χ2n) is 5.41. The number of hydrogen-bond acceptors (Lipinski definition) is 1. The van der Waals surface area contributed by atoms with Gasteiger partial charge in [0.1, 0.15) is 0 Å². The molecule has 18 heavy (non-hydrogen) atoms. The molecule has 0 amide bonds. The molecule has 1 N–H and O–H groups in total.